The average molecular weight is 249 g/mol. The third kappa shape index (κ3) is 3.47. The number of rotatable bonds is 4. The first kappa shape index (κ1) is 13.4. The molecule has 100 valence electrons. The molecule has 3 nitrogen and oxygen atoms in total. The molecule has 2 atom stereocenters. The average Bonchev–Trinajstić information content (AvgIpc) is 2.67. The first-order valence-corrected chi connectivity index (χ1v) is 6.62. The van der Waals surface area contributed by atoms with Crippen LogP contribution in [0.5, 0.6) is 5.75 Å². The highest BCUT2D eigenvalue weighted by molar-refractivity contribution is 5.28. The van der Waals surface area contributed by atoms with Crippen LogP contribution in [0.4, 0.5) is 0 Å². The summed E-state index contributed by atoms with van der Waals surface area (Å²) in [4.78, 5) is 0. The fourth-order valence-electron chi connectivity index (χ4n) is 2.25. The van der Waals surface area contributed by atoms with Crippen molar-refractivity contribution in [1.82, 2.24) is 0 Å². The van der Waals surface area contributed by atoms with Crippen molar-refractivity contribution in [1.29, 1.82) is 0 Å². The van der Waals surface area contributed by atoms with Crippen molar-refractivity contribution in [2.75, 3.05) is 6.61 Å². The molecule has 0 amide bonds. The Bertz CT molecular complexity index is 384. The molecule has 1 saturated heterocycles. The fraction of sp³-hybridized carbons (Fsp3) is 0.600. The zero-order valence-electron chi connectivity index (χ0n) is 11.5. The molecule has 1 unspecified atom stereocenters. The third-order valence-electron chi connectivity index (χ3n) is 3.40. The van der Waals surface area contributed by atoms with Crippen molar-refractivity contribution in [3.8, 4) is 5.75 Å². The van der Waals surface area contributed by atoms with Crippen molar-refractivity contribution < 1.29 is 9.47 Å². The van der Waals surface area contributed by atoms with Gasteiger partial charge < -0.3 is 15.2 Å². The van der Waals surface area contributed by atoms with Crippen LogP contribution in [0.3, 0.4) is 0 Å². The zero-order valence-corrected chi connectivity index (χ0v) is 11.5. The van der Waals surface area contributed by atoms with Gasteiger partial charge in [0.15, 0.2) is 0 Å². The second-order valence-electron chi connectivity index (χ2n) is 5.71. The number of nitrogens with two attached hydrogens (primary N) is 1. The Labute approximate surface area is 109 Å². The Morgan fingerprint density at radius 2 is 2.06 bits per heavy atom. The predicted molar refractivity (Wildman–Crippen MR) is 72.7 cm³/mol. The molecule has 2 N–H and O–H groups in total. The molecule has 18 heavy (non-hydrogen) atoms. The maximum Gasteiger partial charge on any atom is 0.119 e. The molecule has 0 aliphatic carbocycles. The van der Waals surface area contributed by atoms with Crippen molar-refractivity contribution >= 4 is 0 Å². The zero-order chi connectivity index (χ0) is 13.2. The van der Waals surface area contributed by atoms with Gasteiger partial charge >= 0.3 is 0 Å². The van der Waals surface area contributed by atoms with Gasteiger partial charge in [-0.05, 0) is 51.3 Å². The molecule has 0 spiro atoms. The summed E-state index contributed by atoms with van der Waals surface area (Å²) in [7, 11) is 0. The molecule has 2 rings (SSSR count). The van der Waals surface area contributed by atoms with Gasteiger partial charge in [-0.15, -0.1) is 0 Å². The molecule has 1 aromatic rings. The second kappa shape index (κ2) is 5.29. The lowest BCUT2D eigenvalue weighted by Gasteiger charge is -2.19. The Balaban J connectivity index is 1.84. The van der Waals surface area contributed by atoms with Gasteiger partial charge in [0.25, 0.3) is 0 Å². The van der Waals surface area contributed by atoms with Crippen molar-refractivity contribution in [3.63, 3.8) is 0 Å². The van der Waals surface area contributed by atoms with Crippen LogP contribution in [0, 0.1) is 0 Å². The van der Waals surface area contributed by atoms with Crippen LogP contribution < -0.4 is 10.5 Å². The van der Waals surface area contributed by atoms with Gasteiger partial charge in [-0.25, -0.2) is 0 Å². The fourth-order valence-corrected chi connectivity index (χ4v) is 2.25. The Hall–Kier alpha value is -1.06. The van der Waals surface area contributed by atoms with E-state index in [4.69, 9.17) is 15.2 Å². The molecule has 0 radical (unpaired) electrons. The molecule has 3 heteroatoms. The molecular weight excluding hydrogens is 226 g/mol. The second-order valence-corrected chi connectivity index (χ2v) is 5.71. The molecular formula is C15H23NO2. The highest BCUT2D eigenvalue weighted by Gasteiger charge is 2.31. The summed E-state index contributed by atoms with van der Waals surface area (Å²) in [5, 5.41) is 0. The summed E-state index contributed by atoms with van der Waals surface area (Å²) >= 11 is 0. The van der Waals surface area contributed by atoms with E-state index in [9.17, 15) is 0 Å². The van der Waals surface area contributed by atoms with Crippen LogP contribution in [0.2, 0.25) is 0 Å². The summed E-state index contributed by atoms with van der Waals surface area (Å²) in [6, 6.07) is 8.04. The molecule has 0 saturated carbocycles. The molecule has 1 aromatic carbocycles. The summed E-state index contributed by atoms with van der Waals surface area (Å²) in [5.74, 6) is 0.882. The standard InChI is InChI=1S/C15H23NO2/c1-11(16)12-4-6-13(7-5-12)17-10-14-8-9-15(2,3)18-14/h4-7,11,14H,8-10,16H2,1-3H3/t11-,14?/m0/s1. The third-order valence-corrected chi connectivity index (χ3v) is 3.40. The van der Waals surface area contributed by atoms with E-state index in [0.717, 1.165) is 24.2 Å². The predicted octanol–water partition coefficient (Wildman–Crippen LogP) is 3.04. The molecule has 0 bridgehead atoms. The van der Waals surface area contributed by atoms with Crippen LogP contribution in [0.25, 0.3) is 0 Å². The number of hydrogen-bond donors (Lipinski definition) is 1. The van der Waals surface area contributed by atoms with E-state index in [1.54, 1.807) is 0 Å². The van der Waals surface area contributed by atoms with Gasteiger partial charge in [0.1, 0.15) is 12.4 Å². The Morgan fingerprint density at radius 3 is 2.56 bits per heavy atom. The lowest BCUT2D eigenvalue weighted by Crippen LogP contribution is -2.23. The monoisotopic (exact) mass is 249 g/mol. The van der Waals surface area contributed by atoms with Gasteiger partial charge in [-0.1, -0.05) is 12.1 Å². The highest BCUT2D eigenvalue weighted by Crippen LogP contribution is 2.29. The maximum absolute atomic E-state index is 5.89. The lowest BCUT2D eigenvalue weighted by molar-refractivity contribution is -0.0326. The van der Waals surface area contributed by atoms with E-state index in [-0.39, 0.29) is 17.7 Å². The minimum absolute atomic E-state index is 0.00681. The molecule has 1 fully saturated rings. The van der Waals surface area contributed by atoms with Crippen LogP contribution in [-0.2, 0) is 4.74 Å². The summed E-state index contributed by atoms with van der Waals surface area (Å²) < 4.78 is 11.6. The van der Waals surface area contributed by atoms with E-state index in [1.165, 1.54) is 0 Å². The van der Waals surface area contributed by atoms with E-state index < -0.39 is 0 Å². The van der Waals surface area contributed by atoms with Crippen LogP contribution in [0.15, 0.2) is 24.3 Å². The SMILES string of the molecule is C[C@H](N)c1ccc(OCC2CCC(C)(C)O2)cc1. The first-order valence-electron chi connectivity index (χ1n) is 6.62. The van der Waals surface area contributed by atoms with Crippen LogP contribution in [0.1, 0.15) is 45.2 Å². The van der Waals surface area contributed by atoms with Gasteiger partial charge in [0.2, 0.25) is 0 Å². The van der Waals surface area contributed by atoms with E-state index in [2.05, 4.69) is 13.8 Å². The summed E-state index contributed by atoms with van der Waals surface area (Å²) in [5.41, 5.74) is 6.94. The Morgan fingerprint density at radius 1 is 1.39 bits per heavy atom. The maximum atomic E-state index is 5.89. The van der Waals surface area contributed by atoms with Crippen LogP contribution >= 0.6 is 0 Å². The minimum Gasteiger partial charge on any atom is -0.491 e. The quantitative estimate of drug-likeness (QED) is 0.892. The van der Waals surface area contributed by atoms with Gasteiger partial charge in [0.05, 0.1) is 11.7 Å². The van der Waals surface area contributed by atoms with E-state index >= 15 is 0 Å². The minimum atomic E-state index is 0.00681. The topological polar surface area (TPSA) is 44.5 Å². The highest BCUT2D eigenvalue weighted by atomic mass is 16.6. The normalized spacial score (nSPS) is 23.9. The molecule has 0 aromatic heterocycles. The lowest BCUT2D eigenvalue weighted by atomic mass is 10.1. The van der Waals surface area contributed by atoms with Gasteiger partial charge in [-0.3, -0.25) is 0 Å². The number of hydrogen-bond acceptors (Lipinski definition) is 3. The molecule has 1 heterocycles. The smallest absolute Gasteiger partial charge is 0.119 e. The van der Waals surface area contributed by atoms with E-state index in [0.29, 0.717) is 6.61 Å². The van der Waals surface area contributed by atoms with Crippen molar-refractivity contribution in [2.45, 2.75) is 51.4 Å². The van der Waals surface area contributed by atoms with Crippen LogP contribution in [-0.4, -0.2) is 18.3 Å². The van der Waals surface area contributed by atoms with Gasteiger partial charge in [0, 0.05) is 6.04 Å². The van der Waals surface area contributed by atoms with Crippen molar-refractivity contribution in [2.24, 2.45) is 5.73 Å². The first-order chi connectivity index (χ1) is 8.46. The number of benzene rings is 1. The van der Waals surface area contributed by atoms with Crippen molar-refractivity contribution in [3.05, 3.63) is 29.8 Å². The Kier molecular flexibility index (Phi) is 3.93. The number of ether oxygens (including phenoxy) is 2. The summed E-state index contributed by atoms with van der Waals surface area (Å²) in [6.45, 7) is 6.86. The largest absolute Gasteiger partial charge is 0.491 e. The van der Waals surface area contributed by atoms with Gasteiger partial charge in [-0.2, -0.15) is 0 Å². The summed E-state index contributed by atoms with van der Waals surface area (Å²) in [6.07, 6.45) is 2.39. The molecule has 1 aliphatic heterocycles. The van der Waals surface area contributed by atoms with E-state index in [1.807, 2.05) is 31.2 Å². The molecule has 1 aliphatic rings.